The summed E-state index contributed by atoms with van der Waals surface area (Å²) in [4.78, 5) is 40.6. The lowest BCUT2D eigenvalue weighted by molar-refractivity contribution is -0.116. The third-order valence-electron chi connectivity index (χ3n) is 5.96. The number of hydrogen-bond donors (Lipinski definition) is 1. The molecule has 2 aromatic rings. The van der Waals surface area contributed by atoms with Gasteiger partial charge in [-0.2, -0.15) is 0 Å². The molecule has 30 heavy (non-hydrogen) atoms. The van der Waals surface area contributed by atoms with Crippen molar-refractivity contribution in [3.63, 3.8) is 0 Å². The molecule has 1 N–H and O–H groups in total. The smallest absolute Gasteiger partial charge is 0.261 e. The third-order valence-corrected chi connectivity index (χ3v) is 5.96. The van der Waals surface area contributed by atoms with Gasteiger partial charge in [0, 0.05) is 37.4 Å². The van der Waals surface area contributed by atoms with Crippen LogP contribution >= 0.6 is 0 Å². The molecule has 4 rings (SSSR count). The van der Waals surface area contributed by atoms with Gasteiger partial charge in [0.15, 0.2) is 0 Å². The predicted octanol–water partition coefficient (Wildman–Crippen LogP) is 3.94. The number of amides is 3. The molecule has 2 aliphatic rings. The average molecular weight is 405 g/mol. The van der Waals surface area contributed by atoms with Gasteiger partial charge in [0.05, 0.1) is 11.1 Å². The molecule has 1 fully saturated rings. The van der Waals surface area contributed by atoms with Gasteiger partial charge >= 0.3 is 0 Å². The Morgan fingerprint density at radius 3 is 2.17 bits per heavy atom. The zero-order valence-electron chi connectivity index (χ0n) is 17.3. The van der Waals surface area contributed by atoms with E-state index in [1.165, 1.54) is 23.4 Å². The molecule has 0 aromatic heterocycles. The molecule has 0 atom stereocenters. The molecule has 2 aromatic carbocycles. The van der Waals surface area contributed by atoms with Crippen molar-refractivity contribution in [2.24, 2.45) is 5.92 Å². The van der Waals surface area contributed by atoms with Crippen LogP contribution < -0.4 is 10.2 Å². The van der Waals surface area contributed by atoms with Gasteiger partial charge in [-0.15, -0.1) is 0 Å². The number of nitrogens with one attached hydrogen (secondary N) is 1. The molecule has 0 saturated carbocycles. The molecular weight excluding hydrogens is 378 g/mol. The van der Waals surface area contributed by atoms with Crippen LogP contribution in [0.1, 0.15) is 53.3 Å². The number of rotatable bonds is 6. The van der Waals surface area contributed by atoms with Gasteiger partial charge in [0.25, 0.3) is 11.8 Å². The Balaban J connectivity index is 1.25. The highest BCUT2D eigenvalue weighted by atomic mass is 16.2. The average Bonchev–Trinajstić information content (AvgIpc) is 3.00. The monoisotopic (exact) mass is 405 g/mol. The molecule has 2 aliphatic heterocycles. The number of carbonyl (C=O) groups excluding carboxylic acids is 3. The molecule has 6 nitrogen and oxygen atoms in total. The Hall–Kier alpha value is -3.15. The second-order valence-electron chi connectivity index (χ2n) is 8.18. The molecule has 0 unspecified atom stereocenters. The van der Waals surface area contributed by atoms with Crippen molar-refractivity contribution < 1.29 is 14.4 Å². The summed E-state index contributed by atoms with van der Waals surface area (Å²) in [7, 11) is 0. The van der Waals surface area contributed by atoms with Gasteiger partial charge in [-0.1, -0.05) is 19.1 Å². The zero-order chi connectivity index (χ0) is 21.1. The maximum atomic E-state index is 12.4. The topological polar surface area (TPSA) is 69.7 Å². The van der Waals surface area contributed by atoms with Crippen molar-refractivity contribution in [1.29, 1.82) is 0 Å². The molecule has 0 radical (unpaired) electrons. The van der Waals surface area contributed by atoms with Gasteiger partial charge < -0.3 is 10.2 Å². The largest absolute Gasteiger partial charge is 0.372 e. The van der Waals surface area contributed by atoms with E-state index in [4.69, 9.17) is 0 Å². The number of anilines is 2. The first-order valence-corrected chi connectivity index (χ1v) is 10.6. The van der Waals surface area contributed by atoms with E-state index in [9.17, 15) is 14.4 Å². The van der Waals surface area contributed by atoms with Crippen molar-refractivity contribution in [2.75, 3.05) is 29.9 Å². The van der Waals surface area contributed by atoms with Crippen LogP contribution in [-0.4, -0.2) is 42.3 Å². The SMILES string of the molecule is CC1CCN(c2ccc(NC(=O)CCCN3C(=O)c4ccccc4C3=O)cc2)CC1. The van der Waals surface area contributed by atoms with E-state index in [-0.39, 0.29) is 30.7 Å². The zero-order valence-corrected chi connectivity index (χ0v) is 17.3. The highest BCUT2D eigenvalue weighted by Gasteiger charge is 2.34. The molecule has 6 heteroatoms. The maximum Gasteiger partial charge on any atom is 0.261 e. The first-order chi connectivity index (χ1) is 14.5. The molecule has 156 valence electrons. The fourth-order valence-electron chi connectivity index (χ4n) is 4.09. The Labute approximate surface area is 176 Å². The quantitative estimate of drug-likeness (QED) is 0.739. The molecular formula is C24H27N3O3. The summed E-state index contributed by atoms with van der Waals surface area (Å²) >= 11 is 0. The van der Waals surface area contributed by atoms with Gasteiger partial charge in [0.1, 0.15) is 0 Å². The van der Waals surface area contributed by atoms with Crippen molar-refractivity contribution >= 4 is 29.1 Å². The first-order valence-electron chi connectivity index (χ1n) is 10.6. The van der Waals surface area contributed by atoms with E-state index < -0.39 is 0 Å². The number of carbonyl (C=O) groups is 3. The lowest BCUT2D eigenvalue weighted by Gasteiger charge is -2.32. The summed E-state index contributed by atoms with van der Waals surface area (Å²) in [5.41, 5.74) is 2.82. The minimum atomic E-state index is -0.279. The minimum Gasteiger partial charge on any atom is -0.372 e. The molecule has 0 bridgehead atoms. The Bertz CT molecular complexity index is 911. The predicted molar refractivity (Wildman–Crippen MR) is 117 cm³/mol. The van der Waals surface area contributed by atoms with Crippen LogP contribution in [0.4, 0.5) is 11.4 Å². The number of benzene rings is 2. The van der Waals surface area contributed by atoms with Crippen molar-refractivity contribution in [2.45, 2.75) is 32.6 Å². The Kier molecular flexibility index (Phi) is 5.84. The summed E-state index contributed by atoms with van der Waals surface area (Å²) in [6.07, 6.45) is 3.11. The molecule has 0 aliphatic carbocycles. The summed E-state index contributed by atoms with van der Waals surface area (Å²) in [6.45, 7) is 4.69. The number of nitrogens with zero attached hydrogens (tertiary/aromatic N) is 2. The second-order valence-corrected chi connectivity index (χ2v) is 8.18. The van der Waals surface area contributed by atoms with Crippen LogP contribution in [0.5, 0.6) is 0 Å². The van der Waals surface area contributed by atoms with Crippen LogP contribution in [-0.2, 0) is 4.79 Å². The van der Waals surface area contributed by atoms with Gasteiger partial charge in [0.2, 0.25) is 5.91 Å². The van der Waals surface area contributed by atoms with Crippen molar-refractivity contribution in [3.05, 3.63) is 59.7 Å². The maximum absolute atomic E-state index is 12.4. The summed E-state index contributed by atoms with van der Waals surface area (Å²) in [5.74, 6) is 0.115. The van der Waals surface area contributed by atoms with Crippen LogP contribution in [0.25, 0.3) is 0 Å². The molecule has 1 saturated heterocycles. The fourth-order valence-corrected chi connectivity index (χ4v) is 4.09. The van der Waals surface area contributed by atoms with Gasteiger partial charge in [-0.3, -0.25) is 19.3 Å². The van der Waals surface area contributed by atoms with E-state index in [1.807, 2.05) is 24.3 Å². The van der Waals surface area contributed by atoms with Gasteiger partial charge in [-0.25, -0.2) is 0 Å². The Morgan fingerprint density at radius 2 is 1.57 bits per heavy atom. The molecule has 0 spiro atoms. The number of piperidine rings is 1. The van der Waals surface area contributed by atoms with E-state index >= 15 is 0 Å². The molecule has 2 heterocycles. The standard InChI is InChI=1S/C24H27N3O3/c1-17-12-15-26(16-13-17)19-10-8-18(9-11-19)25-22(28)7-4-14-27-23(29)20-5-2-3-6-21(20)24(27)30/h2-3,5-6,8-11,17H,4,7,12-16H2,1H3,(H,25,28). The fraction of sp³-hybridized carbons (Fsp3) is 0.375. The van der Waals surface area contributed by atoms with Crippen LogP contribution in [0.3, 0.4) is 0 Å². The van der Waals surface area contributed by atoms with Crippen LogP contribution in [0, 0.1) is 5.92 Å². The lowest BCUT2D eigenvalue weighted by atomic mass is 9.99. The van der Waals surface area contributed by atoms with Crippen LogP contribution in [0.15, 0.2) is 48.5 Å². The van der Waals surface area contributed by atoms with E-state index in [2.05, 4.69) is 17.1 Å². The summed E-state index contributed by atoms with van der Waals surface area (Å²) in [6, 6.07) is 14.8. The highest BCUT2D eigenvalue weighted by molar-refractivity contribution is 6.21. The number of fused-ring (bicyclic) bond motifs is 1. The van der Waals surface area contributed by atoms with Crippen molar-refractivity contribution in [1.82, 2.24) is 4.90 Å². The number of imide groups is 1. The first kappa shape index (κ1) is 20.1. The minimum absolute atomic E-state index is 0.119. The Morgan fingerprint density at radius 1 is 0.967 bits per heavy atom. The second kappa shape index (κ2) is 8.69. The summed E-state index contributed by atoms with van der Waals surface area (Å²) < 4.78 is 0. The van der Waals surface area contributed by atoms with Crippen molar-refractivity contribution in [3.8, 4) is 0 Å². The third kappa shape index (κ3) is 4.22. The highest BCUT2D eigenvalue weighted by Crippen LogP contribution is 2.25. The summed E-state index contributed by atoms with van der Waals surface area (Å²) in [5, 5.41) is 2.90. The number of hydrogen-bond acceptors (Lipinski definition) is 4. The van der Waals surface area contributed by atoms with Crippen LogP contribution in [0.2, 0.25) is 0 Å². The van der Waals surface area contributed by atoms with E-state index in [0.29, 0.717) is 17.5 Å². The molecule has 3 amide bonds. The van der Waals surface area contributed by atoms with E-state index in [0.717, 1.165) is 24.7 Å². The van der Waals surface area contributed by atoms with E-state index in [1.54, 1.807) is 24.3 Å². The lowest BCUT2D eigenvalue weighted by Crippen LogP contribution is -2.32. The van der Waals surface area contributed by atoms with Gasteiger partial charge in [-0.05, 0) is 61.6 Å². The normalized spacial score (nSPS) is 16.7.